The zero-order valence-electron chi connectivity index (χ0n) is 15.9. The first-order valence-electron chi connectivity index (χ1n) is 9.33. The lowest BCUT2D eigenvalue weighted by molar-refractivity contribution is -0.125. The Morgan fingerprint density at radius 2 is 1.59 bits per heavy atom. The number of anilines is 1. The first kappa shape index (κ1) is 20.0. The summed E-state index contributed by atoms with van der Waals surface area (Å²) in [4.78, 5) is 39.9. The molecule has 3 amide bonds. The van der Waals surface area contributed by atoms with Crippen LogP contribution in [0, 0.1) is 0 Å². The summed E-state index contributed by atoms with van der Waals surface area (Å²) in [5.74, 6) is -0.361. The minimum atomic E-state index is -0.345. The van der Waals surface area contributed by atoms with Gasteiger partial charge in [-0.2, -0.15) is 0 Å². The zero-order chi connectivity index (χ0) is 20.5. The number of carbonyl (C=O) groups is 3. The van der Waals surface area contributed by atoms with Crippen LogP contribution < -0.4 is 16.0 Å². The monoisotopic (exact) mass is 390 g/mol. The van der Waals surface area contributed by atoms with E-state index < -0.39 is 0 Å². The molecule has 29 heavy (non-hydrogen) atoms. The van der Waals surface area contributed by atoms with Crippen molar-refractivity contribution in [3.8, 4) is 0 Å². The molecule has 3 aromatic rings. The van der Waals surface area contributed by atoms with Crippen molar-refractivity contribution in [3.05, 3.63) is 72.4 Å². The fraction of sp³-hybridized carbons (Fsp3) is 0.182. The largest absolute Gasteiger partial charge is 0.354 e. The SMILES string of the molecule is O=C(CNC(=O)Cc1cccc2ccccc12)NCCC(=O)Nc1ccccn1. The highest BCUT2D eigenvalue weighted by molar-refractivity contribution is 5.92. The van der Waals surface area contributed by atoms with Crippen LogP contribution in [-0.4, -0.2) is 35.8 Å². The highest BCUT2D eigenvalue weighted by Gasteiger charge is 2.09. The van der Waals surface area contributed by atoms with Gasteiger partial charge in [0.25, 0.3) is 0 Å². The van der Waals surface area contributed by atoms with Crippen molar-refractivity contribution in [2.45, 2.75) is 12.8 Å². The third-order valence-corrected chi connectivity index (χ3v) is 4.28. The van der Waals surface area contributed by atoms with Gasteiger partial charge in [0.1, 0.15) is 5.82 Å². The van der Waals surface area contributed by atoms with Gasteiger partial charge in [0.05, 0.1) is 13.0 Å². The van der Waals surface area contributed by atoms with Crippen molar-refractivity contribution in [1.29, 1.82) is 0 Å². The highest BCUT2D eigenvalue weighted by atomic mass is 16.2. The summed E-state index contributed by atoms with van der Waals surface area (Å²) in [6, 6.07) is 18.9. The third kappa shape index (κ3) is 6.14. The first-order valence-corrected chi connectivity index (χ1v) is 9.33. The van der Waals surface area contributed by atoms with E-state index in [1.807, 2.05) is 42.5 Å². The number of fused-ring (bicyclic) bond motifs is 1. The summed E-state index contributed by atoms with van der Waals surface area (Å²) in [5.41, 5.74) is 0.909. The van der Waals surface area contributed by atoms with Crippen molar-refractivity contribution < 1.29 is 14.4 Å². The molecule has 0 atom stereocenters. The van der Waals surface area contributed by atoms with Gasteiger partial charge in [-0.05, 0) is 28.5 Å². The Labute approximate surface area is 168 Å². The Morgan fingerprint density at radius 1 is 0.793 bits per heavy atom. The van der Waals surface area contributed by atoms with E-state index in [-0.39, 0.29) is 43.7 Å². The number of amides is 3. The number of hydrogen-bond acceptors (Lipinski definition) is 4. The van der Waals surface area contributed by atoms with E-state index in [1.165, 1.54) is 0 Å². The van der Waals surface area contributed by atoms with E-state index in [9.17, 15) is 14.4 Å². The quantitative estimate of drug-likeness (QED) is 0.548. The number of pyridine rings is 1. The van der Waals surface area contributed by atoms with Gasteiger partial charge < -0.3 is 16.0 Å². The predicted octanol–water partition coefficient (Wildman–Crippen LogP) is 2.04. The molecule has 0 aliphatic carbocycles. The second kappa shape index (κ2) is 9.98. The van der Waals surface area contributed by atoms with Gasteiger partial charge in [0.15, 0.2) is 0 Å². The number of nitrogens with zero attached hydrogens (tertiary/aromatic N) is 1. The summed E-state index contributed by atoms with van der Waals surface area (Å²) >= 11 is 0. The molecule has 3 rings (SSSR count). The summed E-state index contributed by atoms with van der Waals surface area (Å²) in [5, 5.41) is 9.95. The van der Waals surface area contributed by atoms with Crippen molar-refractivity contribution in [3.63, 3.8) is 0 Å². The third-order valence-electron chi connectivity index (χ3n) is 4.28. The Balaban J connectivity index is 1.38. The van der Waals surface area contributed by atoms with Crippen LogP contribution in [0.3, 0.4) is 0 Å². The van der Waals surface area contributed by atoms with E-state index in [2.05, 4.69) is 20.9 Å². The van der Waals surface area contributed by atoms with Crippen molar-refractivity contribution >= 4 is 34.3 Å². The van der Waals surface area contributed by atoms with Crippen LogP contribution in [0.5, 0.6) is 0 Å². The van der Waals surface area contributed by atoms with Crippen molar-refractivity contribution in [2.75, 3.05) is 18.4 Å². The maximum absolute atomic E-state index is 12.2. The number of carbonyl (C=O) groups excluding carboxylic acids is 3. The molecule has 0 aliphatic heterocycles. The number of rotatable bonds is 8. The molecule has 2 aromatic carbocycles. The summed E-state index contributed by atoms with van der Waals surface area (Å²) in [6.07, 6.45) is 1.89. The number of benzene rings is 2. The molecule has 1 heterocycles. The summed E-state index contributed by atoms with van der Waals surface area (Å²) in [6.45, 7) is 0.0438. The van der Waals surface area contributed by atoms with Crippen LogP contribution >= 0.6 is 0 Å². The van der Waals surface area contributed by atoms with Crippen LogP contribution in [0.4, 0.5) is 5.82 Å². The molecule has 0 aliphatic rings. The molecule has 0 spiro atoms. The van der Waals surface area contributed by atoms with Crippen molar-refractivity contribution in [1.82, 2.24) is 15.6 Å². The predicted molar refractivity (Wildman–Crippen MR) is 111 cm³/mol. The fourth-order valence-corrected chi connectivity index (χ4v) is 2.88. The van der Waals surface area contributed by atoms with E-state index in [1.54, 1.807) is 24.4 Å². The standard InChI is InChI=1S/C22H22N4O3/c27-20(26-19-10-3-4-12-23-19)11-13-24-22(29)15-25-21(28)14-17-8-5-7-16-6-1-2-9-18(16)17/h1-10,12H,11,13-15H2,(H,24,29)(H,25,28)(H,23,26,27). The van der Waals surface area contributed by atoms with Gasteiger partial charge in [0, 0.05) is 19.2 Å². The minimum Gasteiger partial charge on any atom is -0.354 e. The van der Waals surface area contributed by atoms with E-state index >= 15 is 0 Å². The molecule has 0 bridgehead atoms. The fourth-order valence-electron chi connectivity index (χ4n) is 2.88. The highest BCUT2D eigenvalue weighted by Crippen LogP contribution is 2.18. The molecule has 0 saturated carbocycles. The molecule has 0 radical (unpaired) electrons. The second-order valence-electron chi connectivity index (χ2n) is 6.45. The van der Waals surface area contributed by atoms with Crippen LogP contribution in [-0.2, 0) is 20.8 Å². The van der Waals surface area contributed by atoms with Crippen LogP contribution in [0.15, 0.2) is 66.9 Å². The Kier molecular flexibility index (Phi) is 6.89. The molecule has 0 saturated heterocycles. The summed E-state index contributed by atoms with van der Waals surface area (Å²) in [7, 11) is 0. The van der Waals surface area contributed by atoms with Gasteiger partial charge in [-0.15, -0.1) is 0 Å². The van der Waals surface area contributed by atoms with Crippen LogP contribution in [0.2, 0.25) is 0 Å². The van der Waals surface area contributed by atoms with Crippen molar-refractivity contribution in [2.24, 2.45) is 0 Å². The summed E-state index contributed by atoms with van der Waals surface area (Å²) < 4.78 is 0. The number of aromatic nitrogens is 1. The van der Waals surface area contributed by atoms with Crippen LogP contribution in [0.1, 0.15) is 12.0 Å². The number of nitrogens with one attached hydrogen (secondary N) is 3. The zero-order valence-corrected chi connectivity index (χ0v) is 15.9. The molecule has 1 aromatic heterocycles. The Hall–Kier alpha value is -3.74. The minimum absolute atomic E-state index is 0.117. The molecule has 0 fully saturated rings. The average Bonchev–Trinajstić information content (AvgIpc) is 2.73. The van der Waals surface area contributed by atoms with Crippen LogP contribution in [0.25, 0.3) is 10.8 Å². The van der Waals surface area contributed by atoms with Gasteiger partial charge >= 0.3 is 0 Å². The molecule has 148 valence electrons. The van der Waals surface area contributed by atoms with E-state index in [0.29, 0.717) is 5.82 Å². The lowest BCUT2D eigenvalue weighted by atomic mass is 10.0. The van der Waals surface area contributed by atoms with Gasteiger partial charge in [0.2, 0.25) is 17.7 Å². The number of hydrogen-bond donors (Lipinski definition) is 3. The van der Waals surface area contributed by atoms with E-state index in [4.69, 9.17) is 0 Å². The maximum atomic E-state index is 12.2. The maximum Gasteiger partial charge on any atom is 0.239 e. The molecule has 3 N–H and O–H groups in total. The first-order chi connectivity index (χ1) is 14.1. The topological polar surface area (TPSA) is 100 Å². The molecule has 0 unspecified atom stereocenters. The lowest BCUT2D eigenvalue weighted by Gasteiger charge is -2.09. The molecular formula is C22H22N4O3. The smallest absolute Gasteiger partial charge is 0.239 e. The van der Waals surface area contributed by atoms with Gasteiger partial charge in [-0.3, -0.25) is 14.4 Å². The lowest BCUT2D eigenvalue weighted by Crippen LogP contribution is -2.38. The molecule has 7 nitrogen and oxygen atoms in total. The van der Waals surface area contributed by atoms with Gasteiger partial charge in [-0.25, -0.2) is 4.98 Å². The Bertz CT molecular complexity index is 1000. The average molecular weight is 390 g/mol. The van der Waals surface area contributed by atoms with Gasteiger partial charge in [-0.1, -0.05) is 48.5 Å². The Morgan fingerprint density at radius 3 is 2.41 bits per heavy atom. The second-order valence-corrected chi connectivity index (χ2v) is 6.45. The van der Waals surface area contributed by atoms with E-state index in [0.717, 1.165) is 16.3 Å². The normalized spacial score (nSPS) is 10.3. The molecule has 7 heteroatoms. The molecular weight excluding hydrogens is 368 g/mol.